The molecule has 2 atom stereocenters. The van der Waals surface area contributed by atoms with E-state index in [2.05, 4.69) is 4.98 Å². The fourth-order valence-electron chi connectivity index (χ4n) is 3.16. The van der Waals surface area contributed by atoms with Crippen LogP contribution in [0.15, 0.2) is 18.2 Å². The summed E-state index contributed by atoms with van der Waals surface area (Å²) in [7, 11) is 1.79. The van der Waals surface area contributed by atoms with Gasteiger partial charge in [-0.25, -0.2) is 4.98 Å². The molecule has 3 heterocycles. The highest BCUT2D eigenvalue weighted by molar-refractivity contribution is 5.92. The Balaban J connectivity index is 1.72. The quantitative estimate of drug-likeness (QED) is 0.766. The van der Waals surface area contributed by atoms with Gasteiger partial charge < -0.3 is 14.5 Å². The molecule has 3 rings (SSSR count). The normalized spacial score (nSPS) is 25.6. The van der Waals surface area contributed by atoms with E-state index in [1.165, 1.54) is 0 Å². The summed E-state index contributed by atoms with van der Waals surface area (Å²) in [6.07, 6.45) is 0.826. The van der Waals surface area contributed by atoms with Crippen LogP contribution < -0.4 is 0 Å². The van der Waals surface area contributed by atoms with Gasteiger partial charge in [0, 0.05) is 38.3 Å². The van der Waals surface area contributed by atoms with Crippen molar-refractivity contribution in [3.05, 3.63) is 29.6 Å². The third-order valence-electron chi connectivity index (χ3n) is 4.41. The first-order chi connectivity index (χ1) is 10.5. The number of aryl methyl sites for hydroxylation is 1. The van der Waals surface area contributed by atoms with Crippen LogP contribution in [0.25, 0.3) is 0 Å². The summed E-state index contributed by atoms with van der Waals surface area (Å²) in [6, 6.07) is 5.48. The van der Waals surface area contributed by atoms with Crippen LogP contribution in [-0.2, 0) is 9.53 Å². The summed E-state index contributed by atoms with van der Waals surface area (Å²) in [5.74, 6) is 0.131. The van der Waals surface area contributed by atoms with Crippen LogP contribution >= 0.6 is 0 Å². The van der Waals surface area contributed by atoms with Crippen molar-refractivity contribution >= 4 is 11.8 Å². The molecular formula is C16H21N3O3. The molecule has 0 unspecified atom stereocenters. The maximum absolute atomic E-state index is 12.6. The number of hydrogen-bond acceptors (Lipinski definition) is 4. The number of aromatic nitrogens is 1. The lowest BCUT2D eigenvalue weighted by atomic mass is 9.94. The number of likely N-dealkylation sites (N-methyl/N-ethyl adjacent to an activating group) is 1. The zero-order valence-corrected chi connectivity index (χ0v) is 13.0. The Morgan fingerprint density at radius 2 is 2.18 bits per heavy atom. The van der Waals surface area contributed by atoms with Gasteiger partial charge in [-0.05, 0) is 25.5 Å². The average molecular weight is 303 g/mol. The molecule has 1 aromatic heterocycles. The number of ether oxygens (including phenoxy) is 1. The van der Waals surface area contributed by atoms with Crippen LogP contribution in [0.4, 0.5) is 0 Å². The standard InChI is InChI=1S/C16H21N3O3/c1-11-4-3-5-13(17-11)16(21)19-7-6-14-12(9-19)8-18(2)15(20)10-22-14/h3-5,12,14H,6-10H2,1-2H3/t12-,14-/m0/s1. The zero-order chi connectivity index (χ0) is 15.7. The van der Waals surface area contributed by atoms with Gasteiger partial charge in [-0.3, -0.25) is 9.59 Å². The van der Waals surface area contributed by atoms with E-state index < -0.39 is 0 Å². The van der Waals surface area contributed by atoms with Crippen molar-refractivity contribution in [3.63, 3.8) is 0 Å². The Morgan fingerprint density at radius 3 is 2.95 bits per heavy atom. The SMILES string of the molecule is Cc1cccc(C(=O)N2CC[C@@H]3OCC(=O)N(C)C[C@H]3C2)n1. The Bertz CT molecular complexity index is 590. The minimum atomic E-state index is -0.0413. The molecular weight excluding hydrogens is 282 g/mol. The van der Waals surface area contributed by atoms with Crippen LogP contribution in [0.5, 0.6) is 0 Å². The molecule has 2 fully saturated rings. The van der Waals surface area contributed by atoms with E-state index in [4.69, 9.17) is 4.74 Å². The lowest BCUT2D eigenvalue weighted by Crippen LogP contribution is -2.49. The number of piperidine rings is 1. The van der Waals surface area contributed by atoms with Gasteiger partial charge in [0.1, 0.15) is 12.3 Å². The first-order valence-corrected chi connectivity index (χ1v) is 7.63. The van der Waals surface area contributed by atoms with Crippen molar-refractivity contribution in [2.75, 3.05) is 33.3 Å². The Hall–Kier alpha value is -1.95. The summed E-state index contributed by atoms with van der Waals surface area (Å²) >= 11 is 0. The van der Waals surface area contributed by atoms with Gasteiger partial charge in [-0.15, -0.1) is 0 Å². The fourth-order valence-corrected chi connectivity index (χ4v) is 3.16. The number of rotatable bonds is 1. The van der Waals surface area contributed by atoms with E-state index in [-0.39, 0.29) is 30.4 Å². The number of likely N-dealkylation sites (tertiary alicyclic amines) is 1. The minimum absolute atomic E-state index is 0.00706. The zero-order valence-electron chi connectivity index (χ0n) is 13.0. The maximum atomic E-state index is 12.6. The number of carbonyl (C=O) groups excluding carboxylic acids is 2. The molecule has 6 heteroatoms. The first kappa shape index (κ1) is 15.0. The average Bonchev–Trinajstić information content (AvgIpc) is 2.65. The van der Waals surface area contributed by atoms with Crippen molar-refractivity contribution in [1.82, 2.24) is 14.8 Å². The largest absolute Gasteiger partial charge is 0.368 e. The highest BCUT2D eigenvalue weighted by Crippen LogP contribution is 2.24. The highest BCUT2D eigenvalue weighted by atomic mass is 16.5. The third kappa shape index (κ3) is 2.97. The van der Waals surface area contributed by atoms with Crippen molar-refractivity contribution in [2.45, 2.75) is 19.4 Å². The number of pyridine rings is 1. The molecule has 2 aliphatic rings. The maximum Gasteiger partial charge on any atom is 0.272 e. The third-order valence-corrected chi connectivity index (χ3v) is 4.41. The number of nitrogens with zero attached hydrogens (tertiary/aromatic N) is 3. The van der Waals surface area contributed by atoms with E-state index in [0.717, 1.165) is 12.1 Å². The van der Waals surface area contributed by atoms with Crippen molar-refractivity contribution in [1.29, 1.82) is 0 Å². The van der Waals surface area contributed by atoms with E-state index in [9.17, 15) is 9.59 Å². The van der Waals surface area contributed by atoms with E-state index in [1.807, 2.05) is 24.0 Å². The number of fused-ring (bicyclic) bond motifs is 1. The van der Waals surface area contributed by atoms with Gasteiger partial charge in [0.05, 0.1) is 6.10 Å². The molecule has 2 saturated heterocycles. The van der Waals surface area contributed by atoms with Crippen molar-refractivity contribution in [2.24, 2.45) is 5.92 Å². The molecule has 2 aliphatic heterocycles. The predicted molar refractivity (Wildman–Crippen MR) is 80.4 cm³/mol. The Kier molecular flexibility index (Phi) is 4.11. The molecule has 0 saturated carbocycles. The topological polar surface area (TPSA) is 62.7 Å². The lowest BCUT2D eigenvalue weighted by molar-refractivity contribution is -0.133. The molecule has 2 amide bonds. The molecule has 0 radical (unpaired) electrons. The van der Waals surface area contributed by atoms with E-state index in [1.54, 1.807) is 18.0 Å². The van der Waals surface area contributed by atoms with Crippen LogP contribution in [0.1, 0.15) is 22.6 Å². The first-order valence-electron chi connectivity index (χ1n) is 7.63. The smallest absolute Gasteiger partial charge is 0.272 e. The summed E-state index contributed by atoms with van der Waals surface area (Å²) in [6.45, 7) is 3.91. The second-order valence-corrected chi connectivity index (χ2v) is 6.09. The Labute approximate surface area is 130 Å². The van der Waals surface area contributed by atoms with Gasteiger partial charge in [0.2, 0.25) is 5.91 Å². The monoisotopic (exact) mass is 303 g/mol. The van der Waals surface area contributed by atoms with Gasteiger partial charge >= 0.3 is 0 Å². The molecule has 0 bridgehead atoms. The van der Waals surface area contributed by atoms with Gasteiger partial charge in [-0.2, -0.15) is 0 Å². The number of amides is 2. The number of carbonyl (C=O) groups is 2. The summed E-state index contributed by atoms with van der Waals surface area (Å²) < 4.78 is 5.70. The Morgan fingerprint density at radius 1 is 1.36 bits per heavy atom. The molecule has 0 N–H and O–H groups in total. The summed E-state index contributed by atoms with van der Waals surface area (Å²) in [5, 5.41) is 0. The van der Waals surface area contributed by atoms with Crippen LogP contribution in [0, 0.1) is 12.8 Å². The highest BCUT2D eigenvalue weighted by Gasteiger charge is 2.36. The van der Waals surface area contributed by atoms with Crippen molar-refractivity contribution in [3.8, 4) is 0 Å². The van der Waals surface area contributed by atoms with Crippen LogP contribution in [0.2, 0.25) is 0 Å². The second kappa shape index (κ2) is 6.04. The van der Waals surface area contributed by atoms with Crippen LogP contribution in [0.3, 0.4) is 0 Å². The number of hydrogen-bond donors (Lipinski definition) is 0. The molecule has 0 aliphatic carbocycles. The van der Waals surface area contributed by atoms with Gasteiger partial charge in [-0.1, -0.05) is 6.07 Å². The lowest BCUT2D eigenvalue weighted by Gasteiger charge is -2.37. The minimum Gasteiger partial charge on any atom is -0.368 e. The van der Waals surface area contributed by atoms with E-state index in [0.29, 0.717) is 25.3 Å². The fraction of sp³-hybridized carbons (Fsp3) is 0.562. The molecule has 1 aromatic rings. The summed E-state index contributed by atoms with van der Waals surface area (Å²) in [5.41, 5.74) is 1.32. The van der Waals surface area contributed by atoms with E-state index >= 15 is 0 Å². The van der Waals surface area contributed by atoms with Gasteiger partial charge in [0.25, 0.3) is 5.91 Å². The van der Waals surface area contributed by atoms with Crippen molar-refractivity contribution < 1.29 is 14.3 Å². The van der Waals surface area contributed by atoms with Gasteiger partial charge in [0.15, 0.2) is 0 Å². The molecule has 118 valence electrons. The van der Waals surface area contributed by atoms with Crippen LogP contribution in [-0.4, -0.2) is 66.0 Å². The predicted octanol–water partition coefficient (Wildman–Crippen LogP) is 0.709. The second-order valence-electron chi connectivity index (χ2n) is 6.09. The summed E-state index contributed by atoms with van der Waals surface area (Å²) in [4.78, 5) is 32.2. The molecule has 22 heavy (non-hydrogen) atoms. The molecule has 0 aromatic carbocycles. The molecule has 6 nitrogen and oxygen atoms in total. The molecule has 0 spiro atoms.